The van der Waals surface area contributed by atoms with Crippen molar-refractivity contribution in [2.24, 2.45) is 0 Å². The minimum absolute atomic E-state index is 0.266. The van der Waals surface area contributed by atoms with E-state index in [0.29, 0.717) is 4.90 Å². The fraction of sp³-hybridized carbons (Fsp3) is 0.0149. The molecule has 0 amide bonds. The average molecular weight is 900 g/mol. The molecule has 0 radical (unpaired) electrons. The van der Waals surface area contributed by atoms with Crippen molar-refractivity contribution in [3.8, 4) is 44.5 Å². The van der Waals surface area contributed by atoms with E-state index in [1.807, 2.05) is 0 Å². The van der Waals surface area contributed by atoms with Gasteiger partial charge in [-0.25, -0.2) is 0 Å². The van der Waals surface area contributed by atoms with Crippen LogP contribution in [0.15, 0.2) is 272 Å². The Labute approximate surface area is 448 Å². The Morgan fingerprint density at radius 2 is 0.971 bits per heavy atom. The van der Waals surface area contributed by atoms with Gasteiger partial charge in [0.05, 0.1) is 60.4 Å². The zero-order chi connectivity index (χ0) is 76.4. The topological polar surface area (TPSA) is 3.24 Å². The summed E-state index contributed by atoms with van der Waals surface area (Å²) in [5.74, 6) is 0. The molecule has 12 aromatic rings. The fourth-order valence-corrected chi connectivity index (χ4v) is 8.78. The van der Waals surface area contributed by atoms with Gasteiger partial charge in [0.2, 0.25) is 0 Å². The number of benzene rings is 12. The lowest BCUT2D eigenvalue weighted by Gasteiger charge is -2.35. The van der Waals surface area contributed by atoms with Crippen LogP contribution < -0.4 is 4.90 Å². The molecule has 68 heavy (non-hydrogen) atoms. The van der Waals surface area contributed by atoms with E-state index in [0.717, 1.165) is 54.6 Å². The van der Waals surface area contributed by atoms with Crippen LogP contribution in [0.2, 0.25) is 0 Å². The summed E-state index contributed by atoms with van der Waals surface area (Å²) in [6.07, 6.45) is 0. The molecule has 0 saturated heterocycles. The third-order valence-corrected chi connectivity index (χ3v) is 11.7. The van der Waals surface area contributed by atoms with E-state index >= 15 is 0 Å². The van der Waals surface area contributed by atoms with Crippen molar-refractivity contribution in [3.05, 3.63) is 294 Å². The quantitative estimate of drug-likeness (QED) is 0.137. The van der Waals surface area contributed by atoms with Crippen LogP contribution in [0.25, 0.3) is 76.8 Å². The summed E-state index contributed by atoms with van der Waals surface area (Å²) < 4.78 is 336. The highest BCUT2D eigenvalue weighted by molar-refractivity contribution is 6.15. The zero-order valence-corrected chi connectivity index (χ0v) is 34.6. The van der Waals surface area contributed by atoms with Gasteiger partial charge in [0.1, 0.15) is 0 Å². The van der Waals surface area contributed by atoms with Crippen molar-refractivity contribution in [2.45, 2.75) is 5.41 Å². The van der Waals surface area contributed by atoms with Gasteiger partial charge in [-0.3, -0.25) is 0 Å². The van der Waals surface area contributed by atoms with Crippen LogP contribution in [-0.4, -0.2) is 0 Å². The smallest absolute Gasteiger partial charge is 0.0714 e. The highest BCUT2D eigenvalue weighted by Crippen LogP contribution is 2.57. The number of anilines is 3. The highest BCUT2D eigenvalue weighted by Gasteiger charge is 2.46. The normalized spacial score (nSPS) is 21.4. The molecule has 0 fully saturated rings. The number of nitrogens with zero attached hydrogens (tertiary/aromatic N) is 1. The van der Waals surface area contributed by atoms with Crippen LogP contribution in [0.5, 0.6) is 0 Å². The summed E-state index contributed by atoms with van der Waals surface area (Å²) in [4.78, 5) is 0.586. The summed E-state index contributed by atoms with van der Waals surface area (Å²) in [5.41, 5.74) is -13.6. The Morgan fingerprint density at radius 1 is 0.324 bits per heavy atom. The van der Waals surface area contributed by atoms with Crippen molar-refractivity contribution >= 4 is 49.4 Å². The van der Waals surface area contributed by atoms with Gasteiger partial charge in [0, 0.05) is 16.8 Å². The maximum absolute atomic E-state index is 11.0. The molecule has 0 saturated carbocycles. The summed E-state index contributed by atoms with van der Waals surface area (Å²) in [6.45, 7) is 0. The second kappa shape index (κ2) is 16.3. The van der Waals surface area contributed by atoms with Gasteiger partial charge >= 0.3 is 0 Å². The predicted molar refractivity (Wildman–Crippen MR) is 287 cm³/mol. The SMILES string of the molecule is [2H]c1cc2c(cc1[2H])C(c1c([2H])cc([2H])c([2H])c1[2H])(c1c([2H])c([2H])c([2H])c([2H])c1[2H])c1c([2H])c(N(c3c([2H])cc(-c4c([2H])cc5c([2H])c([2H])c([2H])cc5c4-c4cc([2H])c(-c5c([2H])c([2H])c([2H])c([2H])c5[2H])c([2H])c4[2H])c([2H])c3[2H])c3c([2H])c4c([2H])c([2H])c([2H])cc4c4c([2H])c([2H])c([2H])cc34)c([2H])c([2H])c1-2. The summed E-state index contributed by atoms with van der Waals surface area (Å²) >= 11 is 0. The molecule has 1 atom stereocenters. The van der Waals surface area contributed by atoms with Gasteiger partial charge in [0.25, 0.3) is 0 Å². The largest absolute Gasteiger partial charge is 0.310 e. The van der Waals surface area contributed by atoms with Crippen molar-refractivity contribution in [1.29, 1.82) is 0 Å². The van der Waals surface area contributed by atoms with Crippen molar-refractivity contribution < 1.29 is 49.3 Å². The molecule has 1 heteroatoms. The van der Waals surface area contributed by atoms with Gasteiger partial charge in [0.15, 0.2) is 0 Å². The number of hydrogen-bond donors (Lipinski definition) is 0. The molecule has 0 aromatic heterocycles. The Bertz CT molecular complexity index is 5970. The first kappa shape index (κ1) is 17.5. The lowest BCUT2D eigenvalue weighted by atomic mass is 9.67. The second-order valence-electron chi connectivity index (χ2n) is 15.2. The van der Waals surface area contributed by atoms with Crippen LogP contribution in [0.1, 0.15) is 71.6 Å². The molecule has 0 spiro atoms. The molecule has 0 N–H and O–H groups in total. The summed E-state index contributed by atoms with van der Waals surface area (Å²) in [5, 5.41) is -2.51. The highest BCUT2D eigenvalue weighted by atomic mass is 15.1. The lowest BCUT2D eigenvalue weighted by Crippen LogP contribution is -2.28. The molecule has 1 nitrogen and oxygen atoms in total. The van der Waals surface area contributed by atoms with Gasteiger partial charge in [-0.1, -0.05) is 242 Å². The van der Waals surface area contributed by atoms with Crippen molar-refractivity contribution in [2.75, 3.05) is 4.90 Å². The van der Waals surface area contributed by atoms with E-state index in [-0.39, 0.29) is 21.7 Å². The van der Waals surface area contributed by atoms with E-state index in [1.165, 1.54) is 0 Å². The Kier molecular flexibility index (Phi) is 4.18. The van der Waals surface area contributed by atoms with Crippen molar-refractivity contribution in [1.82, 2.24) is 0 Å². The maximum Gasteiger partial charge on any atom is 0.0714 e. The van der Waals surface area contributed by atoms with E-state index in [2.05, 4.69) is 0 Å². The molecule has 1 aliphatic rings. The third kappa shape index (κ3) is 6.32. The van der Waals surface area contributed by atoms with Gasteiger partial charge in [-0.05, 0) is 124 Å². The molecule has 1 aliphatic carbocycles. The van der Waals surface area contributed by atoms with E-state index < -0.39 is 317 Å². The molecule has 0 bridgehead atoms. The first-order valence-corrected chi connectivity index (χ1v) is 20.6. The molecule has 1 unspecified atom stereocenters. The monoisotopic (exact) mass is 900 g/mol. The zero-order valence-electron chi connectivity index (χ0n) is 70.6. The third-order valence-electron chi connectivity index (χ3n) is 11.7. The van der Waals surface area contributed by atoms with Crippen LogP contribution >= 0.6 is 0 Å². The number of hydrogen-bond acceptors (Lipinski definition) is 1. The molecule has 318 valence electrons. The van der Waals surface area contributed by atoms with Crippen LogP contribution in [0.4, 0.5) is 17.1 Å². The molecule has 12 aromatic carbocycles. The first-order chi connectivity index (χ1) is 48.6. The van der Waals surface area contributed by atoms with Crippen LogP contribution in [-0.2, 0) is 5.41 Å². The Morgan fingerprint density at radius 3 is 1.84 bits per heavy atom. The summed E-state index contributed by atoms with van der Waals surface area (Å²) in [6, 6.07) is -24.1. The van der Waals surface area contributed by atoms with Crippen LogP contribution in [0.3, 0.4) is 0 Å². The van der Waals surface area contributed by atoms with E-state index in [9.17, 15) is 23.3 Å². The Balaban J connectivity index is 1.25. The molecule has 0 aliphatic heterocycles. The van der Waals surface area contributed by atoms with Gasteiger partial charge < -0.3 is 4.90 Å². The minimum Gasteiger partial charge on any atom is -0.310 e. The van der Waals surface area contributed by atoms with E-state index in [4.69, 9.17) is 26.0 Å². The molecular formula is C67H45N. The minimum atomic E-state index is -3.06. The predicted octanol–water partition coefficient (Wildman–Crippen LogP) is 18.0. The number of fused-ring (bicyclic) bond motifs is 7. The lowest BCUT2D eigenvalue weighted by molar-refractivity contribution is 0.768. The molecular weight excluding hydrogens is 819 g/mol. The number of rotatable bonds is 8. The first-order valence-electron chi connectivity index (χ1n) is 38.6. The van der Waals surface area contributed by atoms with Gasteiger partial charge in [-0.15, -0.1) is 0 Å². The van der Waals surface area contributed by atoms with Crippen LogP contribution in [0, 0.1) is 0 Å². The Hall–Kier alpha value is -8.78. The van der Waals surface area contributed by atoms with E-state index in [1.54, 1.807) is 0 Å². The van der Waals surface area contributed by atoms with Crippen molar-refractivity contribution in [3.63, 3.8) is 0 Å². The average Bonchev–Trinajstić information content (AvgIpc) is 1.47. The summed E-state index contributed by atoms with van der Waals surface area (Å²) in [7, 11) is 0. The maximum atomic E-state index is 11.0. The standard InChI is InChI=1S/C67H45N/c1-4-18-46(19-5-1)47-32-34-50(35-33-47)66-57-27-13-10-20-48(57)38-42-58(66)49-36-39-54(40-37-49)68(65-44-51-21-11-12-26-56(51)59-28-14-15-30-62(59)65)55-41-43-61-60-29-16-17-31-63(60)67(64(61)45-55,52-22-6-2-7-23-52)53-24-8-3-9-25-53/h1-45H/i1D,2D,3D,4D,5D,6D,7D,8D,10D,11D,12D,13D,14D,15D,16D,17D,18D,19D,20D,21D,22D,23D,24D,25D,28D,32D,33D,34D,36D,39D,40D,41D,42D,43D,44D,45D. The fourth-order valence-electron chi connectivity index (χ4n) is 8.78. The molecule has 13 rings (SSSR count). The van der Waals surface area contributed by atoms with Gasteiger partial charge in [-0.2, -0.15) is 0 Å². The molecule has 0 heterocycles. The second-order valence-corrected chi connectivity index (χ2v) is 15.2.